The lowest BCUT2D eigenvalue weighted by Crippen LogP contribution is -2.22. The van der Waals surface area contributed by atoms with Crippen molar-refractivity contribution in [3.63, 3.8) is 0 Å². The van der Waals surface area contributed by atoms with Crippen molar-refractivity contribution in [1.29, 1.82) is 0 Å². The molecular formula is C15H22O. The molecule has 1 heteroatoms. The van der Waals surface area contributed by atoms with E-state index in [4.69, 9.17) is 0 Å². The number of hydrogen-bond donors (Lipinski definition) is 1. The van der Waals surface area contributed by atoms with Gasteiger partial charge in [0.2, 0.25) is 0 Å². The van der Waals surface area contributed by atoms with Crippen molar-refractivity contribution in [1.82, 2.24) is 0 Å². The SMILES string of the molecule is CCc1ccc(C2(C(C)O)CC2)cc1CC. The second-order valence-corrected chi connectivity index (χ2v) is 5.02. The average molecular weight is 218 g/mol. The smallest absolute Gasteiger partial charge is 0.0608 e. The van der Waals surface area contributed by atoms with Crippen LogP contribution in [0.5, 0.6) is 0 Å². The highest BCUT2D eigenvalue weighted by atomic mass is 16.3. The van der Waals surface area contributed by atoms with E-state index in [1.54, 1.807) is 0 Å². The largest absolute Gasteiger partial charge is 0.392 e. The van der Waals surface area contributed by atoms with E-state index in [1.165, 1.54) is 16.7 Å². The van der Waals surface area contributed by atoms with Crippen LogP contribution < -0.4 is 0 Å². The molecular weight excluding hydrogens is 196 g/mol. The topological polar surface area (TPSA) is 20.2 Å². The molecule has 0 heterocycles. The molecule has 0 radical (unpaired) electrons. The van der Waals surface area contributed by atoms with Crippen LogP contribution in [-0.4, -0.2) is 11.2 Å². The maximum absolute atomic E-state index is 9.89. The van der Waals surface area contributed by atoms with Gasteiger partial charge in [-0.25, -0.2) is 0 Å². The first-order chi connectivity index (χ1) is 7.64. The van der Waals surface area contributed by atoms with E-state index < -0.39 is 0 Å². The second kappa shape index (κ2) is 4.21. The molecule has 1 fully saturated rings. The lowest BCUT2D eigenvalue weighted by Gasteiger charge is -2.20. The van der Waals surface area contributed by atoms with E-state index in [2.05, 4.69) is 32.0 Å². The molecule has 1 aromatic rings. The van der Waals surface area contributed by atoms with Crippen LogP contribution in [0.25, 0.3) is 0 Å². The van der Waals surface area contributed by atoms with Gasteiger partial charge in [-0.1, -0.05) is 32.0 Å². The maximum atomic E-state index is 9.89. The molecule has 1 unspecified atom stereocenters. The van der Waals surface area contributed by atoms with E-state index in [0.717, 1.165) is 25.7 Å². The molecule has 1 N–H and O–H groups in total. The van der Waals surface area contributed by atoms with E-state index in [1.807, 2.05) is 6.92 Å². The van der Waals surface area contributed by atoms with Crippen LogP contribution in [0.4, 0.5) is 0 Å². The molecule has 1 aliphatic carbocycles. The third-order valence-corrected chi connectivity index (χ3v) is 4.13. The van der Waals surface area contributed by atoms with Crippen molar-refractivity contribution in [2.45, 2.75) is 58.0 Å². The fourth-order valence-electron chi connectivity index (χ4n) is 2.69. The highest BCUT2D eigenvalue weighted by Gasteiger charge is 2.48. The summed E-state index contributed by atoms with van der Waals surface area (Å²) in [7, 11) is 0. The van der Waals surface area contributed by atoms with Crippen LogP contribution in [0, 0.1) is 0 Å². The molecule has 2 rings (SSSR count). The fourth-order valence-corrected chi connectivity index (χ4v) is 2.69. The van der Waals surface area contributed by atoms with Crippen molar-refractivity contribution in [3.8, 4) is 0 Å². The van der Waals surface area contributed by atoms with E-state index in [0.29, 0.717) is 0 Å². The zero-order chi connectivity index (χ0) is 11.8. The number of aliphatic hydroxyl groups is 1. The molecule has 16 heavy (non-hydrogen) atoms. The van der Waals surface area contributed by atoms with Crippen LogP contribution >= 0.6 is 0 Å². The minimum absolute atomic E-state index is 0.0796. The van der Waals surface area contributed by atoms with Gasteiger partial charge in [0.05, 0.1) is 6.10 Å². The average Bonchev–Trinajstić information content (AvgIpc) is 3.09. The second-order valence-electron chi connectivity index (χ2n) is 5.02. The summed E-state index contributed by atoms with van der Waals surface area (Å²) < 4.78 is 0. The Morgan fingerprint density at radius 3 is 2.25 bits per heavy atom. The van der Waals surface area contributed by atoms with Gasteiger partial charge in [-0.05, 0) is 49.3 Å². The molecule has 0 bridgehead atoms. The zero-order valence-electron chi connectivity index (χ0n) is 10.6. The predicted octanol–water partition coefficient (Wildman–Crippen LogP) is 3.22. The van der Waals surface area contributed by atoms with Crippen molar-refractivity contribution >= 4 is 0 Å². The van der Waals surface area contributed by atoms with E-state index in [9.17, 15) is 5.11 Å². The normalized spacial score (nSPS) is 19.5. The van der Waals surface area contributed by atoms with Gasteiger partial charge in [-0.2, -0.15) is 0 Å². The lowest BCUT2D eigenvalue weighted by atomic mass is 9.87. The number of aryl methyl sites for hydroxylation is 2. The summed E-state index contributed by atoms with van der Waals surface area (Å²) in [6.45, 7) is 6.34. The summed E-state index contributed by atoms with van der Waals surface area (Å²) >= 11 is 0. The third kappa shape index (κ3) is 1.78. The lowest BCUT2D eigenvalue weighted by molar-refractivity contribution is 0.150. The first-order valence-electron chi connectivity index (χ1n) is 6.44. The first kappa shape index (κ1) is 11.7. The molecule has 1 aliphatic rings. The molecule has 88 valence electrons. The molecule has 0 saturated heterocycles. The number of benzene rings is 1. The molecule has 0 aliphatic heterocycles. The summed E-state index contributed by atoms with van der Waals surface area (Å²) in [4.78, 5) is 0. The summed E-state index contributed by atoms with van der Waals surface area (Å²) in [6.07, 6.45) is 4.25. The Kier molecular flexibility index (Phi) is 3.07. The highest BCUT2D eigenvalue weighted by molar-refractivity contribution is 5.40. The van der Waals surface area contributed by atoms with Crippen molar-refractivity contribution in [2.75, 3.05) is 0 Å². The van der Waals surface area contributed by atoms with Crippen LogP contribution in [-0.2, 0) is 18.3 Å². The summed E-state index contributed by atoms with van der Waals surface area (Å²) in [5, 5.41) is 9.89. The van der Waals surface area contributed by atoms with E-state index >= 15 is 0 Å². The molecule has 1 nitrogen and oxygen atoms in total. The Morgan fingerprint density at radius 1 is 1.19 bits per heavy atom. The first-order valence-corrected chi connectivity index (χ1v) is 6.44. The van der Waals surface area contributed by atoms with Gasteiger partial charge in [-0.15, -0.1) is 0 Å². The quantitative estimate of drug-likeness (QED) is 0.822. The summed E-state index contributed by atoms with van der Waals surface area (Å²) in [6, 6.07) is 6.78. The molecule has 0 amide bonds. The minimum Gasteiger partial charge on any atom is -0.392 e. The van der Waals surface area contributed by atoms with Crippen LogP contribution in [0.1, 0.15) is 50.3 Å². The Morgan fingerprint density at radius 2 is 1.81 bits per heavy atom. The number of hydrogen-bond acceptors (Lipinski definition) is 1. The minimum atomic E-state index is -0.218. The maximum Gasteiger partial charge on any atom is 0.0608 e. The molecule has 1 atom stereocenters. The van der Waals surface area contributed by atoms with Gasteiger partial charge in [-0.3, -0.25) is 0 Å². The molecule has 0 aromatic heterocycles. The van der Waals surface area contributed by atoms with Gasteiger partial charge in [0.15, 0.2) is 0 Å². The van der Waals surface area contributed by atoms with Gasteiger partial charge in [0, 0.05) is 5.41 Å². The monoisotopic (exact) mass is 218 g/mol. The van der Waals surface area contributed by atoms with Gasteiger partial charge >= 0.3 is 0 Å². The highest BCUT2D eigenvalue weighted by Crippen LogP contribution is 2.51. The van der Waals surface area contributed by atoms with Crippen LogP contribution in [0.15, 0.2) is 18.2 Å². The molecule has 0 spiro atoms. The fraction of sp³-hybridized carbons (Fsp3) is 0.600. The Labute approximate surface area is 98.5 Å². The Hall–Kier alpha value is -0.820. The van der Waals surface area contributed by atoms with Crippen molar-refractivity contribution in [3.05, 3.63) is 34.9 Å². The standard InChI is InChI=1S/C15H22O/c1-4-12-6-7-14(10-13(12)5-2)15(8-9-15)11(3)16/h6-7,10-11,16H,4-5,8-9H2,1-3H3. The Bertz CT molecular complexity index is 375. The Balaban J connectivity index is 2.37. The van der Waals surface area contributed by atoms with E-state index in [-0.39, 0.29) is 11.5 Å². The molecule has 1 aromatic carbocycles. The predicted molar refractivity (Wildman–Crippen MR) is 67.8 cm³/mol. The zero-order valence-corrected chi connectivity index (χ0v) is 10.6. The van der Waals surface area contributed by atoms with Crippen molar-refractivity contribution < 1.29 is 5.11 Å². The summed E-state index contributed by atoms with van der Waals surface area (Å²) in [5.41, 5.74) is 4.33. The van der Waals surface area contributed by atoms with Gasteiger partial charge in [0.1, 0.15) is 0 Å². The number of aliphatic hydroxyl groups excluding tert-OH is 1. The molecule has 1 saturated carbocycles. The number of rotatable bonds is 4. The van der Waals surface area contributed by atoms with Crippen molar-refractivity contribution in [2.24, 2.45) is 0 Å². The van der Waals surface area contributed by atoms with Gasteiger partial charge in [0.25, 0.3) is 0 Å². The van der Waals surface area contributed by atoms with Crippen LogP contribution in [0.3, 0.4) is 0 Å². The summed E-state index contributed by atoms with van der Waals surface area (Å²) in [5.74, 6) is 0. The third-order valence-electron chi connectivity index (χ3n) is 4.13. The van der Waals surface area contributed by atoms with Gasteiger partial charge < -0.3 is 5.11 Å². The van der Waals surface area contributed by atoms with Crippen LogP contribution in [0.2, 0.25) is 0 Å².